The lowest BCUT2D eigenvalue weighted by Crippen LogP contribution is -2.51. The van der Waals surface area contributed by atoms with E-state index in [1.54, 1.807) is 7.11 Å². The smallest absolute Gasteiger partial charge is 0.230 e. The highest BCUT2D eigenvalue weighted by Gasteiger charge is 2.26. The zero-order chi connectivity index (χ0) is 16.6. The molecule has 22 heavy (non-hydrogen) atoms. The largest absolute Gasteiger partial charge is 0.360 e. The lowest BCUT2D eigenvalue weighted by Gasteiger charge is -2.36. The lowest BCUT2D eigenvalue weighted by atomic mass is 10.1. The van der Waals surface area contributed by atoms with Crippen LogP contribution in [-0.4, -0.2) is 49.3 Å². The first-order valence-corrected chi connectivity index (χ1v) is 8.12. The molecule has 0 aliphatic carbocycles. The first kappa shape index (κ1) is 18.7. The fourth-order valence-electron chi connectivity index (χ4n) is 2.33. The third-order valence-corrected chi connectivity index (χ3v) is 4.47. The molecule has 1 rings (SSSR count). The minimum absolute atomic E-state index is 0.722. The molecule has 0 amide bonds. The standard InChI is InChI=1S/C18H31N2O2/c1-7-20(8-2,9-3)15-17(16-13-11-10-12-14-16)19-22-18(4,5)21-6/h10-14H,7-9,15H2,1-6H3/q+1/b19-17+. The molecule has 0 aliphatic heterocycles. The summed E-state index contributed by atoms with van der Waals surface area (Å²) in [5.41, 5.74) is 2.07. The highest BCUT2D eigenvalue weighted by molar-refractivity contribution is 6.01. The normalized spacial score (nSPS) is 13.3. The zero-order valence-electron chi connectivity index (χ0n) is 14.9. The molecule has 0 atom stereocenters. The molecule has 0 saturated carbocycles. The van der Waals surface area contributed by atoms with Crippen LogP contribution in [0.2, 0.25) is 0 Å². The summed E-state index contributed by atoms with van der Waals surface area (Å²) in [6.45, 7) is 14.5. The highest BCUT2D eigenvalue weighted by atomic mass is 16.8. The first-order chi connectivity index (χ1) is 10.4. The summed E-state index contributed by atoms with van der Waals surface area (Å²) in [5.74, 6) is -0.722. The summed E-state index contributed by atoms with van der Waals surface area (Å²) < 4.78 is 6.29. The van der Waals surface area contributed by atoms with Crippen molar-refractivity contribution in [2.45, 2.75) is 40.4 Å². The summed E-state index contributed by atoms with van der Waals surface area (Å²) >= 11 is 0. The van der Waals surface area contributed by atoms with Crippen LogP contribution in [0.25, 0.3) is 0 Å². The van der Waals surface area contributed by atoms with Gasteiger partial charge >= 0.3 is 0 Å². The van der Waals surface area contributed by atoms with Crippen LogP contribution in [0.3, 0.4) is 0 Å². The van der Waals surface area contributed by atoms with Crippen molar-refractivity contribution < 1.29 is 14.1 Å². The van der Waals surface area contributed by atoms with E-state index in [9.17, 15) is 0 Å². The number of rotatable bonds is 9. The van der Waals surface area contributed by atoms with Crippen molar-refractivity contribution in [2.75, 3.05) is 33.3 Å². The molecular weight excluding hydrogens is 276 g/mol. The van der Waals surface area contributed by atoms with Crippen molar-refractivity contribution in [3.05, 3.63) is 35.9 Å². The third-order valence-electron chi connectivity index (χ3n) is 4.47. The van der Waals surface area contributed by atoms with Crippen molar-refractivity contribution in [1.82, 2.24) is 0 Å². The summed E-state index contributed by atoms with van der Waals surface area (Å²) in [5, 5.41) is 4.44. The van der Waals surface area contributed by atoms with E-state index in [1.807, 2.05) is 32.0 Å². The topological polar surface area (TPSA) is 30.8 Å². The SMILES string of the molecule is CC[N+](CC)(CC)C/C(=N\OC(C)(C)OC)c1ccccc1. The lowest BCUT2D eigenvalue weighted by molar-refractivity contribution is -0.914. The van der Waals surface area contributed by atoms with Gasteiger partial charge in [0.2, 0.25) is 5.79 Å². The summed E-state index contributed by atoms with van der Waals surface area (Å²) in [6, 6.07) is 10.2. The molecule has 0 heterocycles. The van der Waals surface area contributed by atoms with Crippen LogP contribution in [0, 0.1) is 0 Å². The van der Waals surface area contributed by atoms with E-state index in [0.717, 1.165) is 41.9 Å². The minimum Gasteiger partial charge on any atom is -0.360 e. The Hall–Kier alpha value is -1.39. The molecule has 4 nitrogen and oxygen atoms in total. The average molecular weight is 307 g/mol. The Morgan fingerprint density at radius 1 is 1.05 bits per heavy atom. The molecule has 124 valence electrons. The second-order valence-corrected chi connectivity index (χ2v) is 6.05. The number of methoxy groups -OCH3 is 1. The molecule has 1 aromatic carbocycles. The number of nitrogens with zero attached hydrogens (tertiary/aromatic N) is 2. The number of benzene rings is 1. The monoisotopic (exact) mass is 307 g/mol. The maximum absolute atomic E-state index is 5.63. The number of likely N-dealkylation sites (N-methyl/N-ethyl adjacent to an activating group) is 1. The van der Waals surface area contributed by atoms with Gasteiger partial charge in [-0.25, -0.2) is 0 Å². The van der Waals surface area contributed by atoms with Gasteiger partial charge in [-0.05, 0) is 20.8 Å². The molecule has 1 aromatic rings. The molecule has 4 heteroatoms. The predicted octanol–water partition coefficient (Wildman–Crippen LogP) is 3.67. The van der Waals surface area contributed by atoms with Gasteiger partial charge in [0, 0.05) is 26.5 Å². The van der Waals surface area contributed by atoms with Gasteiger partial charge < -0.3 is 14.1 Å². The zero-order valence-corrected chi connectivity index (χ0v) is 14.9. The van der Waals surface area contributed by atoms with E-state index < -0.39 is 5.79 Å². The fourth-order valence-corrected chi connectivity index (χ4v) is 2.33. The van der Waals surface area contributed by atoms with E-state index in [4.69, 9.17) is 9.57 Å². The maximum Gasteiger partial charge on any atom is 0.230 e. The molecule has 0 aliphatic rings. The van der Waals surface area contributed by atoms with Gasteiger partial charge in [0.25, 0.3) is 0 Å². The van der Waals surface area contributed by atoms with Crippen LogP contribution in [0.1, 0.15) is 40.2 Å². The fraction of sp³-hybridized carbons (Fsp3) is 0.611. The van der Waals surface area contributed by atoms with Crippen molar-refractivity contribution in [3.8, 4) is 0 Å². The van der Waals surface area contributed by atoms with Crippen molar-refractivity contribution in [2.24, 2.45) is 5.16 Å². The van der Waals surface area contributed by atoms with Crippen LogP contribution in [-0.2, 0) is 9.57 Å². The van der Waals surface area contributed by atoms with E-state index in [0.29, 0.717) is 0 Å². The van der Waals surface area contributed by atoms with E-state index in [1.165, 1.54) is 0 Å². The Morgan fingerprint density at radius 2 is 1.59 bits per heavy atom. The molecule has 0 radical (unpaired) electrons. The molecule has 0 spiro atoms. The minimum atomic E-state index is -0.722. The Balaban J connectivity index is 3.10. The maximum atomic E-state index is 5.63. The molecular formula is C18H31N2O2+. The molecule has 0 N–H and O–H groups in total. The number of hydrogen-bond acceptors (Lipinski definition) is 3. The Kier molecular flexibility index (Phi) is 7.04. The van der Waals surface area contributed by atoms with Gasteiger partial charge in [0.1, 0.15) is 12.3 Å². The summed E-state index contributed by atoms with van der Waals surface area (Å²) in [4.78, 5) is 5.63. The third kappa shape index (κ3) is 5.11. The van der Waals surface area contributed by atoms with Gasteiger partial charge in [-0.2, -0.15) is 0 Å². The van der Waals surface area contributed by atoms with Crippen LogP contribution in [0.15, 0.2) is 35.5 Å². The van der Waals surface area contributed by atoms with Gasteiger partial charge in [-0.1, -0.05) is 35.5 Å². The summed E-state index contributed by atoms with van der Waals surface area (Å²) in [7, 11) is 1.63. The predicted molar refractivity (Wildman–Crippen MR) is 91.9 cm³/mol. The van der Waals surface area contributed by atoms with Crippen molar-refractivity contribution in [1.29, 1.82) is 0 Å². The van der Waals surface area contributed by atoms with E-state index in [-0.39, 0.29) is 0 Å². The summed E-state index contributed by atoms with van der Waals surface area (Å²) in [6.07, 6.45) is 0. The molecule has 0 unspecified atom stereocenters. The second-order valence-electron chi connectivity index (χ2n) is 6.05. The second kappa shape index (κ2) is 8.30. The highest BCUT2D eigenvalue weighted by Crippen LogP contribution is 2.15. The molecule has 0 bridgehead atoms. The van der Waals surface area contributed by atoms with Gasteiger partial charge in [0.05, 0.1) is 19.6 Å². The number of ether oxygens (including phenoxy) is 1. The Bertz CT molecular complexity index is 457. The average Bonchev–Trinajstić information content (AvgIpc) is 2.56. The molecule has 0 aromatic heterocycles. The Labute approximate surface area is 135 Å². The van der Waals surface area contributed by atoms with Gasteiger partial charge in [0.15, 0.2) is 0 Å². The molecule has 0 fully saturated rings. The van der Waals surface area contributed by atoms with Crippen LogP contribution in [0.5, 0.6) is 0 Å². The first-order valence-electron chi connectivity index (χ1n) is 8.12. The number of hydrogen-bond donors (Lipinski definition) is 0. The van der Waals surface area contributed by atoms with Crippen LogP contribution < -0.4 is 0 Å². The number of oxime groups is 1. The van der Waals surface area contributed by atoms with Crippen molar-refractivity contribution in [3.63, 3.8) is 0 Å². The van der Waals surface area contributed by atoms with Crippen LogP contribution in [0.4, 0.5) is 0 Å². The van der Waals surface area contributed by atoms with Gasteiger partial charge in [-0.3, -0.25) is 0 Å². The Morgan fingerprint density at radius 3 is 2.05 bits per heavy atom. The van der Waals surface area contributed by atoms with Crippen LogP contribution >= 0.6 is 0 Å². The quantitative estimate of drug-likeness (QED) is 0.302. The van der Waals surface area contributed by atoms with Gasteiger partial charge in [-0.15, -0.1) is 0 Å². The van der Waals surface area contributed by atoms with Crippen molar-refractivity contribution >= 4 is 5.71 Å². The van der Waals surface area contributed by atoms with E-state index in [2.05, 4.69) is 38.1 Å². The van der Waals surface area contributed by atoms with E-state index >= 15 is 0 Å². The molecule has 0 saturated heterocycles. The number of quaternary nitrogens is 1.